The average Bonchev–Trinajstić information content (AvgIpc) is 2.39. The van der Waals surface area contributed by atoms with Gasteiger partial charge in [-0.15, -0.1) is 0 Å². The third-order valence-corrected chi connectivity index (χ3v) is 3.08. The van der Waals surface area contributed by atoms with Crippen molar-refractivity contribution in [3.8, 4) is 5.75 Å². The van der Waals surface area contributed by atoms with Crippen molar-refractivity contribution in [1.82, 2.24) is 5.32 Å². The number of aryl methyl sites for hydroxylation is 1. The van der Waals surface area contributed by atoms with Crippen LogP contribution in [0.3, 0.4) is 0 Å². The first kappa shape index (κ1) is 15.3. The van der Waals surface area contributed by atoms with Crippen LogP contribution in [0.25, 0.3) is 0 Å². The number of carbonyl (C=O) groups excluding carboxylic acids is 1. The molecule has 2 amide bonds. The van der Waals surface area contributed by atoms with E-state index in [0.717, 1.165) is 29.8 Å². The molecule has 0 saturated carbocycles. The monoisotopic (exact) mass is 264 g/mol. The molecule has 0 spiro atoms. The molecule has 0 unspecified atom stereocenters. The van der Waals surface area contributed by atoms with Crippen LogP contribution in [0.4, 0.5) is 10.5 Å². The van der Waals surface area contributed by atoms with Gasteiger partial charge in [0.15, 0.2) is 0 Å². The summed E-state index contributed by atoms with van der Waals surface area (Å²) < 4.78 is 5.42. The summed E-state index contributed by atoms with van der Waals surface area (Å²) >= 11 is 0. The molecule has 0 atom stereocenters. The second-order valence-corrected chi connectivity index (χ2v) is 4.52. The van der Waals surface area contributed by atoms with Crippen molar-refractivity contribution in [3.63, 3.8) is 0 Å². The van der Waals surface area contributed by atoms with Gasteiger partial charge in [0, 0.05) is 11.7 Å². The lowest BCUT2D eigenvalue weighted by atomic mass is 10.2. The highest BCUT2D eigenvalue weighted by molar-refractivity contribution is 5.90. The van der Waals surface area contributed by atoms with Crippen LogP contribution in [-0.4, -0.2) is 18.7 Å². The molecule has 1 rings (SSSR count). The van der Waals surface area contributed by atoms with Crippen molar-refractivity contribution in [1.29, 1.82) is 0 Å². The number of benzene rings is 1. The van der Waals surface area contributed by atoms with Crippen LogP contribution in [0.5, 0.6) is 5.75 Å². The van der Waals surface area contributed by atoms with Crippen LogP contribution in [0.15, 0.2) is 18.2 Å². The highest BCUT2D eigenvalue weighted by atomic mass is 16.5. The maximum Gasteiger partial charge on any atom is 0.319 e. The zero-order valence-corrected chi connectivity index (χ0v) is 12.2. The van der Waals surface area contributed by atoms with Crippen molar-refractivity contribution in [3.05, 3.63) is 23.8 Å². The van der Waals surface area contributed by atoms with E-state index >= 15 is 0 Å². The Morgan fingerprint density at radius 3 is 2.47 bits per heavy atom. The summed E-state index contributed by atoms with van der Waals surface area (Å²) in [6.07, 6.45) is 1.87. The number of rotatable bonds is 6. The number of anilines is 1. The van der Waals surface area contributed by atoms with Crippen LogP contribution in [-0.2, 0) is 0 Å². The summed E-state index contributed by atoms with van der Waals surface area (Å²) in [7, 11) is 0. The van der Waals surface area contributed by atoms with E-state index in [1.165, 1.54) is 0 Å². The van der Waals surface area contributed by atoms with E-state index in [1.54, 1.807) is 0 Å². The maximum atomic E-state index is 11.9. The Kier molecular flexibility index (Phi) is 6.19. The Bertz CT molecular complexity index is 415. The third-order valence-electron chi connectivity index (χ3n) is 3.08. The van der Waals surface area contributed by atoms with Crippen molar-refractivity contribution >= 4 is 11.7 Å². The fraction of sp³-hybridized carbons (Fsp3) is 0.533. The van der Waals surface area contributed by atoms with Gasteiger partial charge in [0.05, 0.1) is 6.61 Å². The summed E-state index contributed by atoms with van der Waals surface area (Å²) in [5.41, 5.74) is 1.80. The van der Waals surface area contributed by atoms with E-state index in [1.807, 2.05) is 32.0 Å². The average molecular weight is 264 g/mol. The minimum absolute atomic E-state index is 0.152. The number of ether oxygens (including phenoxy) is 1. The number of nitrogens with one attached hydrogen (secondary N) is 2. The van der Waals surface area contributed by atoms with Gasteiger partial charge in [0.2, 0.25) is 0 Å². The molecule has 19 heavy (non-hydrogen) atoms. The molecule has 4 heteroatoms. The molecule has 0 radical (unpaired) electrons. The summed E-state index contributed by atoms with van der Waals surface area (Å²) in [5, 5.41) is 5.82. The van der Waals surface area contributed by atoms with E-state index in [0.29, 0.717) is 6.61 Å². The van der Waals surface area contributed by atoms with Gasteiger partial charge in [-0.25, -0.2) is 4.79 Å². The lowest BCUT2D eigenvalue weighted by Gasteiger charge is -2.16. The molecular formula is C15H24N2O2. The predicted molar refractivity (Wildman–Crippen MR) is 78.9 cm³/mol. The quantitative estimate of drug-likeness (QED) is 0.823. The van der Waals surface area contributed by atoms with Gasteiger partial charge in [-0.05, 0) is 50.5 Å². The number of urea groups is 1. The Balaban J connectivity index is 2.64. The Hall–Kier alpha value is -1.71. The van der Waals surface area contributed by atoms with Gasteiger partial charge in [-0.3, -0.25) is 0 Å². The smallest absolute Gasteiger partial charge is 0.319 e. The molecule has 0 aromatic heterocycles. The Labute approximate surface area is 115 Å². The van der Waals surface area contributed by atoms with Gasteiger partial charge >= 0.3 is 6.03 Å². The first-order valence-electron chi connectivity index (χ1n) is 6.91. The molecule has 1 aromatic rings. The van der Waals surface area contributed by atoms with Crippen LogP contribution < -0.4 is 15.4 Å². The summed E-state index contributed by atoms with van der Waals surface area (Å²) in [6.45, 7) is 8.67. The van der Waals surface area contributed by atoms with Gasteiger partial charge < -0.3 is 15.4 Å². The molecule has 106 valence electrons. The van der Waals surface area contributed by atoms with E-state index in [2.05, 4.69) is 24.5 Å². The topological polar surface area (TPSA) is 50.4 Å². The fourth-order valence-corrected chi connectivity index (χ4v) is 1.87. The molecule has 0 fully saturated rings. The summed E-state index contributed by atoms with van der Waals surface area (Å²) in [6, 6.07) is 5.73. The molecule has 0 saturated heterocycles. The fourth-order valence-electron chi connectivity index (χ4n) is 1.87. The van der Waals surface area contributed by atoms with E-state index in [4.69, 9.17) is 4.74 Å². The second kappa shape index (κ2) is 7.67. The van der Waals surface area contributed by atoms with Gasteiger partial charge in [0.1, 0.15) is 5.75 Å². The first-order chi connectivity index (χ1) is 9.10. The molecular weight excluding hydrogens is 240 g/mol. The normalized spacial score (nSPS) is 10.4. The lowest BCUT2D eigenvalue weighted by molar-refractivity contribution is 0.247. The predicted octanol–water partition coefficient (Wildman–Crippen LogP) is 3.70. The van der Waals surface area contributed by atoms with E-state index < -0.39 is 0 Å². The van der Waals surface area contributed by atoms with Crippen LogP contribution in [0.1, 0.15) is 39.2 Å². The number of hydrogen-bond acceptors (Lipinski definition) is 2. The standard InChI is InChI=1S/C15H24N2O2/c1-5-12(6-2)16-15(18)17-14-9-8-13(19-7-3)10-11(14)4/h8-10,12H,5-7H2,1-4H3,(H2,16,17,18). The Morgan fingerprint density at radius 2 is 1.95 bits per heavy atom. The molecule has 4 nitrogen and oxygen atoms in total. The highest BCUT2D eigenvalue weighted by Crippen LogP contribution is 2.21. The molecule has 0 bridgehead atoms. The van der Waals surface area contributed by atoms with Crippen molar-refractivity contribution in [2.75, 3.05) is 11.9 Å². The van der Waals surface area contributed by atoms with Gasteiger partial charge in [-0.1, -0.05) is 13.8 Å². The molecule has 0 aliphatic carbocycles. The van der Waals surface area contributed by atoms with Gasteiger partial charge in [0.25, 0.3) is 0 Å². The zero-order valence-electron chi connectivity index (χ0n) is 12.2. The Morgan fingerprint density at radius 1 is 1.26 bits per heavy atom. The van der Waals surface area contributed by atoms with Crippen LogP contribution in [0, 0.1) is 6.92 Å². The minimum Gasteiger partial charge on any atom is -0.494 e. The van der Waals surface area contributed by atoms with Crippen LogP contribution in [0.2, 0.25) is 0 Å². The SMILES string of the molecule is CCOc1ccc(NC(=O)NC(CC)CC)c(C)c1. The third kappa shape index (κ3) is 4.81. The first-order valence-corrected chi connectivity index (χ1v) is 6.91. The molecule has 1 aromatic carbocycles. The van der Waals surface area contributed by atoms with Crippen LogP contribution >= 0.6 is 0 Å². The minimum atomic E-state index is -0.152. The summed E-state index contributed by atoms with van der Waals surface area (Å²) in [4.78, 5) is 11.9. The van der Waals surface area contributed by atoms with E-state index in [9.17, 15) is 4.79 Å². The van der Waals surface area contributed by atoms with E-state index in [-0.39, 0.29) is 12.1 Å². The molecule has 0 aliphatic heterocycles. The van der Waals surface area contributed by atoms with Crippen molar-refractivity contribution in [2.45, 2.75) is 46.6 Å². The number of hydrogen-bond donors (Lipinski definition) is 2. The van der Waals surface area contributed by atoms with Crippen molar-refractivity contribution in [2.24, 2.45) is 0 Å². The molecule has 2 N–H and O–H groups in total. The maximum absolute atomic E-state index is 11.9. The lowest BCUT2D eigenvalue weighted by Crippen LogP contribution is -2.37. The zero-order chi connectivity index (χ0) is 14.3. The second-order valence-electron chi connectivity index (χ2n) is 4.52. The number of carbonyl (C=O) groups is 1. The van der Waals surface area contributed by atoms with Crippen molar-refractivity contribution < 1.29 is 9.53 Å². The summed E-state index contributed by atoms with van der Waals surface area (Å²) in [5.74, 6) is 0.825. The molecule has 0 heterocycles. The number of amides is 2. The molecule has 0 aliphatic rings. The highest BCUT2D eigenvalue weighted by Gasteiger charge is 2.09. The van der Waals surface area contributed by atoms with Gasteiger partial charge in [-0.2, -0.15) is 0 Å². The largest absolute Gasteiger partial charge is 0.494 e.